The average molecular weight is 273 g/mol. The van der Waals surface area contributed by atoms with Gasteiger partial charge in [0.15, 0.2) is 6.61 Å². The molecule has 1 atom stereocenters. The highest BCUT2D eigenvalue weighted by Gasteiger charge is 2.15. The molecule has 0 aromatic heterocycles. The van der Waals surface area contributed by atoms with E-state index in [0.29, 0.717) is 23.8 Å². The van der Waals surface area contributed by atoms with Crippen molar-refractivity contribution >= 4 is 11.6 Å². The summed E-state index contributed by atoms with van der Waals surface area (Å²) in [5.74, 6) is 1.23. The Bertz CT molecular complexity index is 490. The van der Waals surface area contributed by atoms with Crippen molar-refractivity contribution in [3.8, 4) is 11.8 Å². The normalized spacial score (nSPS) is 17.4. The minimum Gasteiger partial charge on any atom is -0.479 e. The predicted octanol–water partition coefficient (Wildman–Crippen LogP) is 1.92. The second-order valence-electron chi connectivity index (χ2n) is 4.92. The lowest BCUT2D eigenvalue weighted by molar-refractivity contribution is -0.116. The van der Waals surface area contributed by atoms with E-state index in [0.717, 1.165) is 25.9 Å². The first-order chi connectivity index (χ1) is 9.78. The molecular formula is C15H19N3O2. The maximum Gasteiger partial charge on any atom is 0.224 e. The summed E-state index contributed by atoms with van der Waals surface area (Å²) in [6, 6.07) is 9.01. The molecule has 2 rings (SSSR count). The lowest BCUT2D eigenvalue weighted by Crippen LogP contribution is -2.15. The van der Waals surface area contributed by atoms with Crippen LogP contribution in [-0.2, 0) is 4.79 Å². The molecule has 0 radical (unpaired) electrons. The van der Waals surface area contributed by atoms with Crippen LogP contribution in [0.3, 0.4) is 0 Å². The maximum atomic E-state index is 11.9. The Morgan fingerprint density at radius 2 is 2.45 bits per heavy atom. The molecule has 0 spiro atoms. The fraction of sp³-hybridized carbons (Fsp3) is 0.467. The number of anilines is 1. The van der Waals surface area contributed by atoms with Gasteiger partial charge < -0.3 is 15.4 Å². The fourth-order valence-electron chi connectivity index (χ4n) is 2.30. The Kier molecular flexibility index (Phi) is 5.39. The van der Waals surface area contributed by atoms with Crippen LogP contribution in [0.4, 0.5) is 5.69 Å². The first-order valence-electron chi connectivity index (χ1n) is 6.88. The van der Waals surface area contributed by atoms with E-state index in [-0.39, 0.29) is 12.5 Å². The Balaban J connectivity index is 1.79. The monoisotopic (exact) mass is 273 g/mol. The van der Waals surface area contributed by atoms with E-state index in [1.807, 2.05) is 12.1 Å². The van der Waals surface area contributed by atoms with Crippen LogP contribution in [0.15, 0.2) is 24.3 Å². The van der Waals surface area contributed by atoms with Crippen molar-refractivity contribution in [3.63, 3.8) is 0 Å². The molecule has 106 valence electrons. The molecule has 1 fully saturated rings. The standard InChI is InChI=1S/C15H19N3O2/c16-7-9-20-14-3-1-2-13(10-14)18-15(19)5-4-12-6-8-17-11-12/h1-3,10,12,17H,4-6,8-9,11H2,(H,18,19). The Morgan fingerprint density at radius 1 is 1.55 bits per heavy atom. The molecule has 1 heterocycles. The summed E-state index contributed by atoms with van der Waals surface area (Å²) in [7, 11) is 0. The van der Waals surface area contributed by atoms with Crippen molar-refractivity contribution in [3.05, 3.63) is 24.3 Å². The van der Waals surface area contributed by atoms with Crippen LogP contribution in [0, 0.1) is 17.2 Å². The molecule has 1 aliphatic heterocycles. The minimum absolute atomic E-state index is 0.00603. The molecule has 1 aliphatic rings. The predicted molar refractivity (Wildman–Crippen MR) is 76.4 cm³/mol. The SMILES string of the molecule is N#CCOc1cccc(NC(=O)CCC2CCNC2)c1. The summed E-state index contributed by atoms with van der Waals surface area (Å²) in [5.41, 5.74) is 0.704. The highest BCUT2D eigenvalue weighted by atomic mass is 16.5. The number of nitrogens with one attached hydrogen (secondary N) is 2. The molecule has 20 heavy (non-hydrogen) atoms. The molecule has 1 aromatic rings. The van der Waals surface area contributed by atoms with E-state index in [2.05, 4.69) is 10.6 Å². The van der Waals surface area contributed by atoms with Gasteiger partial charge in [-0.3, -0.25) is 4.79 Å². The quantitative estimate of drug-likeness (QED) is 0.830. The van der Waals surface area contributed by atoms with Gasteiger partial charge in [0.05, 0.1) is 0 Å². The van der Waals surface area contributed by atoms with E-state index in [1.165, 1.54) is 0 Å². The van der Waals surface area contributed by atoms with Crippen molar-refractivity contribution in [2.45, 2.75) is 19.3 Å². The Labute approximate surface area is 118 Å². The van der Waals surface area contributed by atoms with Crippen LogP contribution in [-0.4, -0.2) is 25.6 Å². The third kappa shape index (κ3) is 4.56. The summed E-state index contributed by atoms with van der Waals surface area (Å²) < 4.78 is 5.20. The van der Waals surface area contributed by atoms with E-state index in [1.54, 1.807) is 18.2 Å². The van der Waals surface area contributed by atoms with Crippen molar-refractivity contribution in [1.82, 2.24) is 5.32 Å². The smallest absolute Gasteiger partial charge is 0.224 e. The minimum atomic E-state index is 0.00603. The molecule has 0 aliphatic carbocycles. The summed E-state index contributed by atoms with van der Waals surface area (Å²) in [6.07, 6.45) is 2.61. The van der Waals surface area contributed by atoms with Gasteiger partial charge in [-0.25, -0.2) is 0 Å². The number of ether oxygens (including phenoxy) is 1. The lowest BCUT2D eigenvalue weighted by atomic mass is 10.0. The van der Waals surface area contributed by atoms with Crippen LogP contribution in [0.1, 0.15) is 19.3 Å². The molecule has 0 saturated carbocycles. The van der Waals surface area contributed by atoms with Crippen LogP contribution in [0.2, 0.25) is 0 Å². The molecule has 5 heteroatoms. The number of benzene rings is 1. The van der Waals surface area contributed by atoms with Gasteiger partial charge in [0.25, 0.3) is 0 Å². The van der Waals surface area contributed by atoms with E-state index in [4.69, 9.17) is 10.00 Å². The van der Waals surface area contributed by atoms with Crippen molar-refractivity contribution in [2.24, 2.45) is 5.92 Å². The molecule has 1 unspecified atom stereocenters. The van der Waals surface area contributed by atoms with Crippen molar-refractivity contribution in [1.29, 1.82) is 5.26 Å². The number of hydrogen-bond acceptors (Lipinski definition) is 4. The molecule has 5 nitrogen and oxygen atoms in total. The highest BCUT2D eigenvalue weighted by molar-refractivity contribution is 5.90. The molecule has 1 saturated heterocycles. The van der Waals surface area contributed by atoms with E-state index in [9.17, 15) is 4.79 Å². The second kappa shape index (κ2) is 7.51. The largest absolute Gasteiger partial charge is 0.479 e. The molecule has 2 N–H and O–H groups in total. The van der Waals surface area contributed by atoms with Crippen LogP contribution in [0.25, 0.3) is 0 Å². The zero-order valence-electron chi connectivity index (χ0n) is 11.4. The van der Waals surface area contributed by atoms with Gasteiger partial charge in [0.1, 0.15) is 11.8 Å². The molecule has 1 aromatic carbocycles. The third-order valence-electron chi connectivity index (χ3n) is 3.36. The first kappa shape index (κ1) is 14.4. The average Bonchev–Trinajstić information content (AvgIpc) is 2.97. The van der Waals surface area contributed by atoms with Gasteiger partial charge in [-0.05, 0) is 44.0 Å². The summed E-state index contributed by atoms with van der Waals surface area (Å²) in [5, 5.41) is 14.6. The summed E-state index contributed by atoms with van der Waals surface area (Å²) in [4.78, 5) is 11.9. The van der Waals surface area contributed by atoms with Gasteiger partial charge in [-0.15, -0.1) is 0 Å². The third-order valence-corrected chi connectivity index (χ3v) is 3.36. The zero-order chi connectivity index (χ0) is 14.2. The zero-order valence-corrected chi connectivity index (χ0v) is 11.4. The fourth-order valence-corrected chi connectivity index (χ4v) is 2.30. The number of rotatable bonds is 6. The Hall–Kier alpha value is -2.06. The summed E-state index contributed by atoms with van der Waals surface area (Å²) in [6.45, 7) is 2.08. The lowest BCUT2D eigenvalue weighted by Gasteiger charge is -2.09. The highest BCUT2D eigenvalue weighted by Crippen LogP contribution is 2.19. The maximum absolute atomic E-state index is 11.9. The number of nitrogens with zero attached hydrogens (tertiary/aromatic N) is 1. The molecular weight excluding hydrogens is 254 g/mol. The topological polar surface area (TPSA) is 74.1 Å². The van der Waals surface area contributed by atoms with E-state index < -0.39 is 0 Å². The number of hydrogen-bond donors (Lipinski definition) is 2. The summed E-state index contributed by atoms with van der Waals surface area (Å²) >= 11 is 0. The molecule has 0 bridgehead atoms. The van der Waals surface area contributed by atoms with Crippen LogP contribution in [0.5, 0.6) is 5.75 Å². The number of carbonyl (C=O) groups excluding carboxylic acids is 1. The number of amides is 1. The van der Waals surface area contributed by atoms with Crippen LogP contribution < -0.4 is 15.4 Å². The van der Waals surface area contributed by atoms with Crippen molar-refractivity contribution < 1.29 is 9.53 Å². The second-order valence-corrected chi connectivity index (χ2v) is 4.92. The van der Waals surface area contributed by atoms with Crippen molar-refractivity contribution in [2.75, 3.05) is 25.0 Å². The number of carbonyl (C=O) groups is 1. The van der Waals surface area contributed by atoms with E-state index >= 15 is 0 Å². The van der Waals surface area contributed by atoms with Gasteiger partial charge in [0.2, 0.25) is 5.91 Å². The van der Waals surface area contributed by atoms with Gasteiger partial charge in [0, 0.05) is 18.2 Å². The van der Waals surface area contributed by atoms with Gasteiger partial charge in [-0.2, -0.15) is 5.26 Å². The van der Waals surface area contributed by atoms with Crippen LogP contribution >= 0.6 is 0 Å². The number of nitriles is 1. The van der Waals surface area contributed by atoms with Gasteiger partial charge in [-0.1, -0.05) is 6.07 Å². The van der Waals surface area contributed by atoms with Gasteiger partial charge >= 0.3 is 0 Å². The Morgan fingerprint density at radius 3 is 3.20 bits per heavy atom. The first-order valence-corrected chi connectivity index (χ1v) is 6.88. The molecule has 1 amide bonds.